The van der Waals surface area contributed by atoms with Crippen molar-refractivity contribution in [3.63, 3.8) is 0 Å². The van der Waals surface area contributed by atoms with Crippen LogP contribution in [-0.2, 0) is 14.3 Å². The van der Waals surface area contributed by atoms with E-state index in [4.69, 9.17) is 27.9 Å². The summed E-state index contributed by atoms with van der Waals surface area (Å²) in [6.45, 7) is 6.62. The highest BCUT2D eigenvalue weighted by Crippen LogP contribution is 2.68. The molecule has 1 unspecified atom stereocenters. The van der Waals surface area contributed by atoms with E-state index in [2.05, 4.69) is 13.8 Å². The first-order chi connectivity index (χ1) is 13.2. The Balaban J connectivity index is 1.55. The molecule has 0 amide bonds. The minimum atomic E-state index is -0.315. The van der Waals surface area contributed by atoms with Gasteiger partial charge in [0.2, 0.25) is 0 Å². The zero-order chi connectivity index (χ0) is 20.3. The topological polar surface area (TPSA) is 43.4 Å². The number of carbonyl (C=O) groups is 2. The number of halogens is 2. The number of hydrogen-bond donors (Lipinski definition) is 0. The summed E-state index contributed by atoms with van der Waals surface area (Å²) < 4.78 is 5.58. The number of carbonyl (C=O) groups excluding carboxylic acids is 2. The average molecular weight is 429 g/mol. The molecule has 0 radical (unpaired) electrons. The van der Waals surface area contributed by atoms with Crippen LogP contribution >= 0.6 is 23.2 Å². The first-order valence-corrected chi connectivity index (χ1v) is 12.1. The Hall–Kier alpha value is -0.280. The predicted octanol–water partition coefficient (Wildman–Crippen LogP) is 5.60. The lowest BCUT2D eigenvalue weighted by Crippen LogP contribution is -2.57. The number of alkyl halides is 2. The van der Waals surface area contributed by atoms with E-state index in [9.17, 15) is 9.59 Å². The zero-order valence-corrected chi connectivity index (χ0v) is 18.9. The summed E-state index contributed by atoms with van der Waals surface area (Å²) >= 11 is 12.7. The summed E-state index contributed by atoms with van der Waals surface area (Å²) in [7, 11) is 0. The van der Waals surface area contributed by atoms with Crippen molar-refractivity contribution >= 4 is 35.0 Å². The summed E-state index contributed by atoms with van der Waals surface area (Å²) in [4.78, 5) is 24.0. The first-order valence-electron chi connectivity index (χ1n) is 11.1. The number of esters is 1. The van der Waals surface area contributed by atoms with E-state index in [1.807, 2.05) is 0 Å². The number of ketones is 1. The van der Waals surface area contributed by atoms with Gasteiger partial charge in [0.25, 0.3) is 0 Å². The second-order valence-corrected chi connectivity index (χ2v) is 11.4. The molecule has 158 valence electrons. The molecule has 0 spiro atoms. The number of hydrogen-bond acceptors (Lipinski definition) is 3. The Kier molecular flexibility index (Phi) is 5.58. The van der Waals surface area contributed by atoms with E-state index < -0.39 is 0 Å². The van der Waals surface area contributed by atoms with Crippen molar-refractivity contribution in [3.8, 4) is 0 Å². The quantitative estimate of drug-likeness (QED) is 0.433. The van der Waals surface area contributed by atoms with Crippen LogP contribution in [0.4, 0.5) is 0 Å². The lowest BCUT2D eigenvalue weighted by Gasteiger charge is -2.62. The fourth-order valence-corrected chi connectivity index (χ4v) is 8.86. The fourth-order valence-electron chi connectivity index (χ4n) is 8.20. The SMILES string of the molecule is CC(=O)[C@H]1CC[C@H]2[C@@H]3C[C@@H](Cl)C4C[C@@H](OC(=O)CCl)CC[C@]4(C)[C@H]3CC[C@]12C. The van der Waals surface area contributed by atoms with Crippen molar-refractivity contribution in [2.24, 2.45) is 40.4 Å². The largest absolute Gasteiger partial charge is 0.461 e. The molecule has 0 bridgehead atoms. The molecule has 5 heteroatoms. The van der Waals surface area contributed by atoms with E-state index in [0.29, 0.717) is 29.5 Å². The third kappa shape index (κ3) is 3.14. The molecule has 0 N–H and O–H groups in total. The molecule has 9 atom stereocenters. The third-order valence-electron chi connectivity index (χ3n) is 9.48. The molecule has 0 heterocycles. The first kappa shape index (κ1) is 21.0. The van der Waals surface area contributed by atoms with Crippen molar-refractivity contribution in [2.75, 3.05) is 5.88 Å². The van der Waals surface area contributed by atoms with Crippen molar-refractivity contribution in [1.29, 1.82) is 0 Å². The standard InChI is InChI=1S/C23H34Cl2O3/c1-13(26)16-4-5-17-15-11-20(25)19-10-14(28-21(27)12-24)6-8-23(19,3)18(15)7-9-22(16,17)2/h14-20H,4-12H2,1-3H3/t14-,15-,16+,17-,18-,19?,20+,22+,23+/m0/s1. The molecule has 0 aromatic carbocycles. The van der Waals surface area contributed by atoms with Gasteiger partial charge >= 0.3 is 5.97 Å². The lowest BCUT2D eigenvalue weighted by molar-refractivity contribution is -0.160. The van der Waals surface area contributed by atoms with Crippen LogP contribution in [-0.4, -0.2) is 29.1 Å². The van der Waals surface area contributed by atoms with Crippen LogP contribution in [0.25, 0.3) is 0 Å². The van der Waals surface area contributed by atoms with Crippen molar-refractivity contribution in [2.45, 2.75) is 83.6 Å². The van der Waals surface area contributed by atoms with E-state index >= 15 is 0 Å². The van der Waals surface area contributed by atoms with Gasteiger partial charge < -0.3 is 4.74 Å². The van der Waals surface area contributed by atoms with Crippen molar-refractivity contribution in [1.82, 2.24) is 0 Å². The number of ether oxygens (including phenoxy) is 1. The minimum Gasteiger partial charge on any atom is -0.461 e. The molecule has 0 aromatic rings. The Morgan fingerprint density at radius 1 is 0.964 bits per heavy atom. The summed E-state index contributed by atoms with van der Waals surface area (Å²) in [6, 6.07) is 0. The lowest BCUT2D eigenvalue weighted by atomic mass is 9.44. The maximum Gasteiger partial charge on any atom is 0.321 e. The second-order valence-electron chi connectivity index (χ2n) is 10.5. The maximum absolute atomic E-state index is 12.3. The van der Waals surface area contributed by atoms with Gasteiger partial charge in [0.1, 0.15) is 17.8 Å². The van der Waals surface area contributed by atoms with Gasteiger partial charge in [-0.2, -0.15) is 0 Å². The highest BCUT2D eigenvalue weighted by Gasteiger charge is 2.62. The van der Waals surface area contributed by atoms with Crippen molar-refractivity contribution in [3.05, 3.63) is 0 Å². The molecular weight excluding hydrogens is 395 g/mol. The van der Waals surface area contributed by atoms with Crippen LogP contribution in [0.1, 0.15) is 72.1 Å². The Bertz CT molecular complexity index is 652. The predicted molar refractivity (Wildman–Crippen MR) is 112 cm³/mol. The highest BCUT2D eigenvalue weighted by molar-refractivity contribution is 6.26. The minimum absolute atomic E-state index is 0.0374. The van der Waals surface area contributed by atoms with Gasteiger partial charge in [0, 0.05) is 11.3 Å². The van der Waals surface area contributed by atoms with Crippen LogP contribution in [0.15, 0.2) is 0 Å². The highest BCUT2D eigenvalue weighted by atomic mass is 35.5. The molecular formula is C23H34Cl2O3. The number of fused-ring (bicyclic) bond motifs is 5. The van der Waals surface area contributed by atoms with Crippen LogP contribution in [0.5, 0.6) is 0 Å². The van der Waals surface area contributed by atoms with Crippen LogP contribution in [0.2, 0.25) is 0 Å². The summed E-state index contributed by atoms with van der Waals surface area (Å²) in [6.07, 6.45) is 8.49. The van der Waals surface area contributed by atoms with Gasteiger partial charge in [-0.15, -0.1) is 23.2 Å². The molecule has 4 saturated carbocycles. The van der Waals surface area contributed by atoms with E-state index in [1.165, 1.54) is 19.3 Å². The fraction of sp³-hybridized carbons (Fsp3) is 0.913. The summed E-state index contributed by atoms with van der Waals surface area (Å²) in [5.74, 6) is 2.57. The molecule has 0 aliphatic heterocycles. The molecule has 28 heavy (non-hydrogen) atoms. The van der Waals surface area contributed by atoms with Crippen LogP contribution in [0, 0.1) is 40.4 Å². The molecule has 4 rings (SSSR count). The van der Waals surface area contributed by atoms with Gasteiger partial charge in [-0.1, -0.05) is 13.8 Å². The van der Waals surface area contributed by atoms with Crippen LogP contribution < -0.4 is 0 Å². The van der Waals surface area contributed by atoms with Gasteiger partial charge in [0.05, 0.1) is 0 Å². The smallest absolute Gasteiger partial charge is 0.321 e. The summed E-state index contributed by atoms with van der Waals surface area (Å²) in [5.41, 5.74) is 0.384. The molecule has 4 aliphatic rings. The Labute approximate surface area is 179 Å². The zero-order valence-electron chi connectivity index (χ0n) is 17.4. The molecule has 0 aromatic heterocycles. The molecule has 4 aliphatic carbocycles. The monoisotopic (exact) mass is 428 g/mol. The van der Waals surface area contributed by atoms with E-state index in [1.54, 1.807) is 6.92 Å². The Morgan fingerprint density at radius 3 is 2.32 bits per heavy atom. The van der Waals surface area contributed by atoms with Gasteiger partial charge in [-0.3, -0.25) is 9.59 Å². The number of rotatable bonds is 3. The molecule has 0 saturated heterocycles. The molecule has 3 nitrogen and oxygen atoms in total. The molecule has 4 fully saturated rings. The Morgan fingerprint density at radius 2 is 1.64 bits per heavy atom. The van der Waals surface area contributed by atoms with E-state index in [0.717, 1.165) is 32.1 Å². The van der Waals surface area contributed by atoms with Crippen molar-refractivity contribution < 1.29 is 14.3 Å². The number of Topliss-reactive ketones (excluding diaryl/α,β-unsaturated/α-hetero) is 1. The van der Waals surface area contributed by atoms with Crippen LogP contribution in [0.3, 0.4) is 0 Å². The normalized spacial score (nSPS) is 50.2. The second kappa shape index (κ2) is 7.45. The summed E-state index contributed by atoms with van der Waals surface area (Å²) in [5, 5.41) is 0.127. The van der Waals surface area contributed by atoms with Gasteiger partial charge in [0.15, 0.2) is 0 Å². The van der Waals surface area contributed by atoms with Gasteiger partial charge in [-0.05, 0) is 92.8 Å². The average Bonchev–Trinajstić information content (AvgIpc) is 3.00. The maximum atomic E-state index is 12.3. The third-order valence-corrected chi connectivity index (χ3v) is 10.2. The van der Waals surface area contributed by atoms with E-state index in [-0.39, 0.29) is 40.1 Å². The van der Waals surface area contributed by atoms with Gasteiger partial charge in [-0.25, -0.2) is 0 Å².